The maximum atomic E-state index is 11.3. The van der Waals surface area contributed by atoms with Crippen LogP contribution in [0.2, 0.25) is 0 Å². The summed E-state index contributed by atoms with van der Waals surface area (Å²) in [6.45, 7) is 2.01. The fourth-order valence-corrected chi connectivity index (χ4v) is 3.99. The molecule has 0 spiro atoms. The number of carboxylic acids is 1. The van der Waals surface area contributed by atoms with E-state index in [1.807, 2.05) is 31.6 Å². The Morgan fingerprint density at radius 2 is 2.10 bits per heavy atom. The average Bonchev–Trinajstić information content (AvgIpc) is 3.13. The van der Waals surface area contributed by atoms with Gasteiger partial charge < -0.3 is 14.7 Å². The smallest absolute Gasteiger partial charge is 0.306 e. The van der Waals surface area contributed by atoms with Crippen LogP contribution in [0.1, 0.15) is 25.0 Å². The zero-order valence-electron chi connectivity index (χ0n) is 17.4. The van der Waals surface area contributed by atoms with Crippen molar-refractivity contribution in [2.24, 2.45) is 13.0 Å². The molecule has 3 heterocycles. The van der Waals surface area contributed by atoms with Crippen LogP contribution in [-0.4, -0.2) is 57.6 Å². The summed E-state index contributed by atoms with van der Waals surface area (Å²) >= 11 is 0. The Morgan fingerprint density at radius 3 is 2.83 bits per heavy atom. The monoisotopic (exact) mass is 409 g/mol. The van der Waals surface area contributed by atoms with Crippen LogP contribution in [0.15, 0.2) is 30.6 Å². The summed E-state index contributed by atoms with van der Waals surface area (Å²) in [5, 5.41) is 14.8. The second-order valence-corrected chi connectivity index (χ2v) is 7.81. The van der Waals surface area contributed by atoms with Crippen molar-refractivity contribution < 1.29 is 14.6 Å². The predicted octanol–water partition coefficient (Wildman–Crippen LogP) is 2.91. The van der Waals surface area contributed by atoms with Crippen LogP contribution in [-0.2, 0) is 23.0 Å². The van der Waals surface area contributed by atoms with E-state index in [-0.39, 0.29) is 5.92 Å². The first-order valence-electron chi connectivity index (χ1n) is 10.3. The van der Waals surface area contributed by atoms with Crippen molar-refractivity contribution in [3.63, 3.8) is 0 Å². The van der Waals surface area contributed by atoms with E-state index < -0.39 is 5.97 Å². The minimum Gasteiger partial charge on any atom is -0.481 e. The second kappa shape index (κ2) is 8.79. The number of methoxy groups -OCH3 is 1. The molecular formula is C22H27N5O3. The molecule has 8 nitrogen and oxygen atoms in total. The molecule has 158 valence electrons. The zero-order chi connectivity index (χ0) is 21.1. The van der Waals surface area contributed by atoms with Gasteiger partial charge in [-0.25, -0.2) is 4.98 Å². The van der Waals surface area contributed by atoms with Gasteiger partial charge in [0.15, 0.2) is 5.82 Å². The molecule has 0 saturated carbocycles. The number of aryl methyl sites for hydroxylation is 2. The summed E-state index contributed by atoms with van der Waals surface area (Å²) < 4.78 is 6.96. The zero-order valence-corrected chi connectivity index (χ0v) is 17.4. The van der Waals surface area contributed by atoms with Crippen LogP contribution < -0.4 is 4.90 Å². The van der Waals surface area contributed by atoms with Gasteiger partial charge in [-0.3, -0.25) is 14.5 Å². The number of fused-ring (bicyclic) bond motifs is 1. The van der Waals surface area contributed by atoms with Crippen molar-refractivity contribution in [1.82, 2.24) is 19.7 Å². The van der Waals surface area contributed by atoms with Crippen molar-refractivity contribution in [2.75, 3.05) is 31.7 Å². The molecule has 0 amide bonds. The van der Waals surface area contributed by atoms with Gasteiger partial charge in [-0.05, 0) is 37.8 Å². The predicted molar refractivity (Wildman–Crippen MR) is 115 cm³/mol. The van der Waals surface area contributed by atoms with Gasteiger partial charge >= 0.3 is 5.97 Å². The van der Waals surface area contributed by atoms with Crippen LogP contribution in [0.5, 0.6) is 0 Å². The third kappa shape index (κ3) is 4.28. The first kappa shape index (κ1) is 20.3. The normalized spacial score (nSPS) is 15.1. The Balaban J connectivity index is 1.68. The molecule has 0 unspecified atom stereocenters. The number of hydrogen-bond acceptors (Lipinski definition) is 6. The van der Waals surface area contributed by atoms with E-state index in [0.29, 0.717) is 32.5 Å². The molecule has 0 atom stereocenters. The number of ether oxygens (including phenoxy) is 1. The van der Waals surface area contributed by atoms with Crippen molar-refractivity contribution in [1.29, 1.82) is 0 Å². The van der Waals surface area contributed by atoms with Crippen molar-refractivity contribution in [3.05, 3.63) is 36.3 Å². The highest BCUT2D eigenvalue weighted by molar-refractivity contribution is 5.85. The highest BCUT2D eigenvalue weighted by Crippen LogP contribution is 2.32. The molecule has 3 aromatic rings. The molecule has 0 bridgehead atoms. The van der Waals surface area contributed by atoms with Crippen LogP contribution >= 0.6 is 0 Å². The Bertz CT molecular complexity index is 1040. The summed E-state index contributed by atoms with van der Waals surface area (Å²) in [7, 11) is 3.60. The topological polar surface area (TPSA) is 93.4 Å². The third-order valence-electron chi connectivity index (χ3n) is 5.62. The number of carboxylic acid groups (broad SMARTS) is 1. The maximum Gasteiger partial charge on any atom is 0.306 e. The van der Waals surface area contributed by atoms with Gasteiger partial charge in [-0.2, -0.15) is 5.10 Å². The number of nitrogens with zero attached hydrogens (tertiary/aromatic N) is 5. The Morgan fingerprint density at radius 1 is 1.30 bits per heavy atom. The molecule has 1 aromatic carbocycles. The molecule has 1 fully saturated rings. The molecule has 0 radical (unpaired) electrons. The number of benzene rings is 1. The van der Waals surface area contributed by atoms with Crippen LogP contribution in [0, 0.1) is 5.92 Å². The van der Waals surface area contributed by atoms with Crippen LogP contribution in [0.3, 0.4) is 0 Å². The van der Waals surface area contributed by atoms with E-state index in [1.54, 1.807) is 11.8 Å². The van der Waals surface area contributed by atoms with Gasteiger partial charge in [0.1, 0.15) is 5.69 Å². The summed E-state index contributed by atoms with van der Waals surface area (Å²) in [4.78, 5) is 23.2. The number of hydrogen-bond donors (Lipinski definition) is 1. The number of carbonyl (C=O) groups is 1. The average molecular weight is 409 g/mol. The van der Waals surface area contributed by atoms with Gasteiger partial charge in [0.05, 0.1) is 17.1 Å². The molecule has 8 heteroatoms. The number of aliphatic carboxylic acids is 1. The fourth-order valence-electron chi connectivity index (χ4n) is 3.99. The molecule has 1 aliphatic heterocycles. The van der Waals surface area contributed by atoms with E-state index in [2.05, 4.69) is 16.1 Å². The van der Waals surface area contributed by atoms with E-state index in [1.165, 1.54) is 0 Å². The molecule has 2 aromatic heterocycles. The van der Waals surface area contributed by atoms with Gasteiger partial charge in [-0.15, -0.1) is 0 Å². The summed E-state index contributed by atoms with van der Waals surface area (Å²) in [6.07, 6.45) is 6.74. The molecular weight excluding hydrogens is 382 g/mol. The van der Waals surface area contributed by atoms with E-state index in [9.17, 15) is 9.90 Å². The number of aromatic nitrogens is 4. The SMILES string of the molecule is COCCCc1cnc(-c2ccc3nn(C)cc3c2)c(N2CCC(C(=O)O)CC2)n1. The summed E-state index contributed by atoms with van der Waals surface area (Å²) in [6, 6.07) is 6.11. The lowest BCUT2D eigenvalue weighted by Gasteiger charge is -2.32. The third-order valence-corrected chi connectivity index (χ3v) is 5.62. The molecule has 1 saturated heterocycles. The number of rotatable bonds is 7. The minimum absolute atomic E-state index is 0.283. The molecule has 4 rings (SSSR count). The first-order chi connectivity index (χ1) is 14.5. The molecule has 1 N–H and O–H groups in total. The van der Waals surface area contributed by atoms with Crippen molar-refractivity contribution >= 4 is 22.7 Å². The molecule has 30 heavy (non-hydrogen) atoms. The standard InChI is InChI=1S/C22H27N5O3/c1-26-14-17-12-16(5-6-19(17)25-26)20-21(24-18(13-23-20)4-3-11-30-2)27-9-7-15(8-10-27)22(28)29/h5-6,12-15H,3-4,7-11H2,1-2H3,(H,28,29). The second-order valence-electron chi connectivity index (χ2n) is 7.81. The Labute approximate surface area is 175 Å². The Hall–Kier alpha value is -3.00. The summed E-state index contributed by atoms with van der Waals surface area (Å²) in [5.41, 5.74) is 3.68. The molecule has 1 aliphatic rings. The van der Waals surface area contributed by atoms with Gasteiger partial charge in [-0.1, -0.05) is 6.07 Å². The lowest BCUT2D eigenvalue weighted by molar-refractivity contribution is -0.142. The van der Waals surface area contributed by atoms with E-state index in [0.717, 1.165) is 46.5 Å². The minimum atomic E-state index is -0.712. The van der Waals surface area contributed by atoms with Gasteiger partial charge in [0, 0.05) is 57.2 Å². The van der Waals surface area contributed by atoms with Crippen LogP contribution in [0.25, 0.3) is 22.2 Å². The first-order valence-corrected chi connectivity index (χ1v) is 10.3. The lowest BCUT2D eigenvalue weighted by atomic mass is 9.96. The maximum absolute atomic E-state index is 11.3. The van der Waals surface area contributed by atoms with Crippen LogP contribution in [0.4, 0.5) is 5.82 Å². The van der Waals surface area contributed by atoms with Gasteiger partial charge in [0.25, 0.3) is 0 Å². The van der Waals surface area contributed by atoms with Gasteiger partial charge in [0.2, 0.25) is 0 Å². The van der Waals surface area contributed by atoms with E-state index in [4.69, 9.17) is 14.7 Å². The highest BCUT2D eigenvalue weighted by Gasteiger charge is 2.27. The van der Waals surface area contributed by atoms with E-state index >= 15 is 0 Å². The van der Waals surface area contributed by atoms with Crippen molar-refractivity contribution in [3.8, 4) is 11.3 Å². The lowest BCUT2D eigenvalue weighted by Crippen LogP contribution is -2.37. The molecule has 0 aliphatic carbocycles. The number of anilines is 1. The Kier molecular flexibility index (Phi) is 5.94. The van der Waals surface area contributed by atoms with Crippen molar-refractivity contribution in [2.45, 2.75) is 25.7 Å². The quantitative estimate of drug-likeness (QED) is 0.600. The highest BCUT2D eigenvalue weighted by atomic mass is 16.5. The number of piperidine rings is 1. The summed E-state index contributed by atoms with van der Waals surface area (Å²) in [5.74, 6) is -0.164. The fraction of sp³-hybridized carbons (Fsp3) is 0.455. The largest absolute Gasteiger partial charge is 0.481 e.